The van der Waals surface area contributed by atoms with Crippen LogP contribution in [0.4, 0.5) is 0 Å². The lowest BCUT2D eigenvalue weighted by molar-refractivity contribution is -0.128. The zero-order valence-electron chi connectivity index (χ0n) is 10.7. The number of carbonyl (C=O) groups is 1. The normalized spacial score (nSPS) is 10.1. The van der Waals surface area contributed by atoms with Crippen molar-refractivity contribution in [1.82, 2.24) is 10.2 Å². The number of nitrogens with zero attached hydrogens (tertiary/aromatic N) is 1. The number of amides is 1. The molecular weight excluding hydrogens is 216 g/mol. The number of methoxy groups -OCH3 is 1. The number of hydrogen-bond donors (Lipinski definition) is 1. The summed E-state index contributed by atoms with van der Waals surface area (Å²) >= 11 is 0. The van der Waals surface area contributed by atoms with Crippen LogP contribution in [-0.4, -0.2) is 38.6 Å². The molecule has 1 aromatic rings. The molecule has 0 atom stereocenters. The zero-order chi connectivity index (χ0) is 12.7. The van der Waals surface area contributed by atoms with Crippen molar-refractivity contribution in [1.29, 1.82) is 0 Å². The molecule has 94 valence electrons. The molecule has 0 aromatic heterocycles. The molecule has 0 fully saturated rings. The Kier molecular flexibility index (Phi) is 5.49. The molecule has 4 nitrogen and oxygen atoms in total. The largest absolute Gasteiger partial charge is 0.497 e. The maximum absolute atomic E-state index is 11.3. The Morgan fingerprint density at radius 3 is 2.47 bits per heavy atom. The van der Waals surface area contributed by atoms with Gasteiger partial charge >= 0.3 is 0 Å². The molecule has 0 radical (unpaired) electrons. The summed E-state index contributed by atoms with van der Waals surface area (Å²) < 4.78 is 5.08. The summed E-state index contributed by atoms with van der Waals surface area (Å²) in [5.41, 5.74) is 1.18. The average Bonchev–Trinajstić information content (AvgIpc) is 2.35. The Labute approximate surface area is 103 Å². The van der Waals surface area contributed by atoms with Gasteiger partial charge in [-0.3, -0.25) is 4.79 Å². The van der Waals surface area contributed by atoms with Crippen molar-refractivity contribution in [2.45, 2.75) is 13.0 Å². The highest BCUT2D eigenvalue weighted by molar-refractivity contribution is 5.75. The van der Waals surface area contributed by atoms with Crippen molar-refractivity contribution in [3.05, 3.63) is 29.8 Å². The fourth-order valence-electron chi connectivity index (χ4n) is 1.40. The van der Waals surface area contributed by atoms with E-state index in [9.17, 15) is 4.79 Å². The van der Waals surface area contributed by atoms with Crippen LogP contribution >= 0.6 is 0 Å². The first-order valence-corrected chi connectivity index (χ1v) is 5.67. The van der Waals surface area contributed by atoms with Gasteiger partial charge in [0.05, 0.1) is 7.11 Å². The molecule has 1 aromatic carbocycles. The first kappa shape index (κ1) is 13.5. The van der Waals surface area contributed by atoms with Gasteiger partial charge in [-0.2, -0.15) is 0 Å². The molecule has 0 saturated carbocycles. The van der Waals surface area contributed by atoms with E-state index in [1.165, 1.54) is 5.56 Å². The number of carbonyl (C=O) groups excluding carboxylic acids is 1. The van der Waals surface area contributed by atoms with E-state index in [1.54, 1.807) is 26.1 Å². The molecule has 0 spiro atoms. The van der Waals surface area contributed by atoms with Crippen LogP contribution in [0.3, 0.4) is 0 Å². The van der Waals surface area contributed by atoms with Crippen molar-refractivity contribution >= 4 is 5.91 Å². The van der Waals surface area contributed by atoms with Crippen LogP contribution in [0.25, 0.3) is 0 Å². The van der Waals surface area contributed by atoms with Crippen LogP contribution < -0.4 is 10.1 Å². The Balaban J connectivity index is 2.24. The molecular formula is C13H20N2O2. The lowest BCUT2D eigenvalue weighted by Crippen LogP contribution is -2.26. The zero-order valence-corrected chi connectivity index (χ0v) is 10.7. The van der Waals surface area contributed by atoms with Crippen LogP contribution in [0.5, 0.6) is 5.75 Å². The molecule has 0 aliphatic carbocycles. The van der Waals surface area contributed by atoms with Crippen LogP contribution in [0.2, 0.25) is 0 Å². The Hall–Kier alpha value is -1.55. The van der Waals surface area contributed by atoms with Crippen LogP contribution in [0.15, 0.2) is 24.3 Å². The molecule has 0 aliphatic heterocycles. The molecule has 4 heteroatoms. The second-order valence-electron chi connectivity index (χ2n) is 4.06. The Morgan fingerprint density at radius 2 is 1.94 bits per heavy atom. The predicted octanol–water partition coefficient (Wildman–Crippen LogP) is 1.26. The summed E-state index contributed by atoms with van der Waals surface area (Å²) in [7, 11) is 5.19. The third-order valence-electron chi connectivity index (χ3n) is 2.50. The summed E-state index contributed by atoms with van der Waals surface area (Å²) in [5, 5.41) is 3.24. The monoisotopic (exact) mass is 236 g/mol. The summed E-state index contributed by atoms with van der Waals surface area (Å²) in [5.74, 6) is 1.00. The van der Waals surface area contributed by atoms with Gasteiger partial charge in [-0.25, -0.2) is 0 Å². The molecule has 1 amide bonds. The third-order valence-corrected chi connectivity index (χ3v) is 2.50. The van der Waals surface area contributed by atoms with E-state index < -0.39 is 0 Å². The molecule has 0 aliphatic rings. The lowest BCUT2D eigenvalue weighted by Gasteiger charge is -2.10. The van der Waals surface area contributed by atoms with E-state index in [1.807, 2.05) is 24.3 Å². The second kappa shape index (κ2) is 6.91. The number of rotatable bonds is 6. The van der Waals surface area contributed by atoms with Gasteiger partial charge in [0.15, 0.2) is 0 Å². The fourth-order valence-corrected chi connectivity index (χ4v) is 1.40. The average molecular weight is 236 g/mol. The van der Waals surface area contributed by atoms with Crippen molar-refractivity contribution in [3.63, 3.8) is 0 Å². The molecule has 0 unspecified atom stereocenters. The van der Waals surface area contributed by atoms with Gasteiger partial charge in [0.1, 0.15) is 5.75 Å². The highest BCUT2D eigenvalue weighted by atomic mass is 16.5. The van der Waals surface area contributed by atoms with Crippen LogP contribution in [0, 0.1) is 0 Å². The van der Waals surface area contributed by atoms with Gasteiger partial charge in [-0.15, -0.1) is 0 Å². The van der Waals surface area contributed by atoms with Gasteiger partial charge in [0.2, 0.25) is 5.91 Å². The number of benzene rings is 1. The molecule has 0 heterocycles. The van der Waals surface area contributed by atoms with Crippen LogP contribution in [-0.2, 0) is 11.3 Å². The van der Waals surface area contributed by atoms with E-state index in [2.05, 4.69) is 5.32 Å². The van der Waals surface area contributed by atoms with Crippen LogP contribution in [0.1, 0.15) is 12.0 Å². The number of nitrogens with one attached hydrogen (secondary N) is 1. The standard InChI is InChI=1S/C13H20N2O2/c1-15(2)13(16)8-9-14-10-11-4-6-12(17-3)7-5-11/h4-7,14H,8-10H2,1-3H3. The molecule has 1 rings (SSSR count). The predicted molar refractivity (Wildman–Crippen MR) is 68.0 cm³/mol. The first-order chi connectivity index (χ1) is 8.13. The third kappa shape index (κ3) is 4.87. The summed E-state index contributed by atoms with van der Waals surface area (Å²) in [6.45, 7) is 1.47. The van der Waals surface area contributed by atoms with Crippen molar-refractivity contribution < 1.29 is 9.53 Å². The summed E-state index contributed by atoms with van der Waals surface area (Å²) in [6.07, 6.45) is 0.531. The number of ether oxygens (including phenoxy) is 1. The van der Waals surface area contributed by atoms with Gasteiger partial charge < -0.3 is 15.0 Å². The highest BCUT2D eigenvalue weighted by Gasteiger charge is 2.02. The van der Waals surface area contributed by atoms with E-state index in [4.69, 9.17) is 4.74 Å². The molecule has 17 heavy (non-hydrogen) atoms. The maximum atomic E-state index is 11.3. The minimum atomic E-state index is 0.146. The van der Waals surface area contributed by atoms with Crippen molar-refractivity contribution in [2.24, 2.45) is 0 Å². The minimum Gasteiger partial charge on any atom is -0.497 e. The quantitative estimate of drug-likeness (QED) is 0.756. The fraction of sp³-hybridized carbons (Fsp3) is 0.462. The molecule has 1 N–H and O–H groups in total. The summed E-state index contributed by atoms with van der Waals surface area (Å²) in [4.78, 5) is 12.9. The lowest BCUT2D eigenvalue weighted by atomic mass is 10.2. The van der Waals surface area contributed by atoms with Crippen molar-refractivity contribution in [2.75, 3.05) is 27.7 Å². The first-order valence-electron chi connectivity index (χ1n) is 5.67. The van der Waals surface area contributed by atoms with Gasteiger partial charge in [0, 0.05) is 33.6 Å². The minimum absolute atomic E-state index is 0.146. The topological polar surface area (TPSA) is 41.6 Å². The SMILES string of the molecule is COc1ccc(CNCCC(=O)N(C)C)cc1. The van der Waals surface area contributed by atoms with Gasteiger partial charge in [0.25, 0.3) is 0 Å². The summed E-state index contributed by atoms with van der Waals surface area (Å²) in [6, 6.07) is 7.89. The van der Waals surface area contributed by atoms with E-state index >= 15 is 0 Å². The van der Waals surface area contributed by atoms with E-state index in [-0.39, 0.29) is 5.91 Å². The van der Waals surface area contributed by atoms with Gasteiger partial charge in [-0.1, -0.05) is 12.1 Å². The Morgan fingerprint density at radius 1 is 1.29 bits per heavy atom. The number of hydrogen-bond acceptors (Lipinski definition) is 3. The van der Waals surface area contributed by atoms with E-state index in [0.29, 0.717) is 13.0 Å². The van der Waals surface area contributed by atoms with E-state index in [0.717, 1.165) is 12.3 Å². The van der Waals surface area contributed by atoms with Gasteiger partial charge in [-0.05, 0) is 17.7 Å². The Bertz CT molecular complexity index is 347. The van der Waals surface area contributed by atoms with Crippen molar-refractivity contribution in [3.8, 4) is 5.75 Å². The smallest absolute Gasteiger partial charge is 0.223 e. The molecule has 0 bridgehead atoms. The highest BCUT2D eigenvalue weighted by Crippen LogP contribution is 2.10. The molecule has 0 saturated heterocycles. The second-order valence-corrected chi connectivity index (χ2v) is 4.06. The maximum Gasteiger partial charge on any atom is 0.223 e.